The smallest absolute Gasteiger partial charge is 0.00390 e. The molecule has 0 aromatic rings. The molecule has 0 radical (unpaired) electrons. The number of nitrogens with one attached hydrogen (secondary N) is 1. The number of nitrogens with two attached hydrogens (primary N) is 1. The fourth-order valence-electron chi connectivity index (χ4n) is 3.71. The third-order valence-electron chi connectivity index (χ3n) is 5.40. The van der Waals surface area contributed by atoms with Crippen LogP contribution < -0.4 is 11.1 Å². The summed E-state index contributed by atoms with van der Waals surface area (Å²) >= 11 is 0. The van der Waals surface area contributed by atoms with Crippen molar-refractivity contribution < 1.29 is 0 Å². The van der Waals surface area contributed by atoms with Crippen molar-refractivity contribution in [3.63, 3.8) is 0 Å². The Balaban J connectivity index is 1.67. The molecule has 2 fully saturated rings. The molecule has 2 aliphatic rings. The van der Waals surface area contributed by atoms with E-state index < -0.39 is 0 Å². The molecule has 1 heterocycles. The molecule has 0 bridgehead atoms. The fraction of sp³-hybridized carbons (Fsp3) is 1.00. The van der Waals surface area contributed by atoms with Crippen molar-refractivity contribution in [1.82, 2.24) is 10.2 Å². The Labute approximate surface area is 119 Å². The van der Waals surface area contributed by atoms with Crippen LogP contribution in [-0.4, -0.2) is 44.2 Å². The van der Waals surface area contributed by atoms with E-state index in [0.717, 1.165) is 18.4 Å². The van der Waals surface area contributed by atoms with Crippen LogP contribution >= 0.6 is 0 Å². The molecule has 0 spiro atoms. The van der Waals surface area contributed by atoms with Crippen LogP contribution in [0.15, 0.2) is 0 Å². The second kappa shape index (κ2) is 6.55. The molecule has 3 N–H and O–H groups in total. The van der Waals surface area contributed by atoms with E-state index >= 15 is 0 Å². The van der Waals surface area contributed by atoms with E-state index in [0.29, 0.717) is 11.5 Å². The molecular weight excluding hydrogens is 234 g/mol. The molecule has 1 atom stereocenters. The number of hydrogen-bond donors (Lipinski definition) is 2. The van der Waals surface area contributed by atoms with E-state index in [1.54, 1.807) is 0 Å². The van der Waals surface area contributed by atoms with Gasteiger partial charge in [0.15, 0.2) is 0 Å². The Morgan fingerprint density at radius 2 is 1.84 bits per heavy atom. The van der Waals surface area contributed by atoms with Crippen LogP contribution in [0, 0.1) is 17.3 Å². The first kappa shape index (κ1) is 15.3. The lowest BCUT2D eigenvalue weighted by Gasteiger charge is -2.33. The minimum absolute atomic E-state index is 0.426. The summed E-state index contributed by atoms with van der Waals surface area (Å²) < 4.78 is 0. The molecule has 19 heavy (non-hydrogen) atoms. The molecule has 1 aliphatic heterocycles. The van der Waals surface area contributed by atoms with Crippen LogP contribution in [-0.2, 0) is 0 Å². The third kappa shape index (κ3) is 4.44. The van der Waals surface area contributed by atoms with E-state index in [1.807, 2.05) is 0 Å². The minimum atomic E-state index is 0.426. The second-order valence-corrected chi connectivity index (χ2v) is 7.65. The van der Waals surface area contributed by atoms with Gasteiger partial charge in [-0.15, -0.1) is 0 Å². The van der Waals surface area contributed by atoms with Gasteiger partial charge in [0, 0.05) is 19.1 Å². The molecule has 0 aromatic heterocycles. The summed E-state index contributed by atoms with van der Waals surface area (Å²) in [5.74, 6) is 1.71. The molecule has 1 saturated heterocycles. The van der Waals surface area contributed by atoms with E-state index in [4.69, 9.17) is 5.73 Å². The zero-order chi connectivity index (χ0) is 13.9. The van der Waals surface area contributed by atoms with E-state index in [2.05, 4.69) is 31.1 Å². The zero-order valence-corrected chi connectivity index (χ0v) is 13.1. The van der Waals surface area contributed by atoms with E-state index in [9.17, 15) is 0 Å². The molecule has 3 nitrogen and oxygen atoms in total. The van der Waals surface area contributed by atoms with Gasteiger partial charge in [-0.2, -0.15) is 0 Å². The Morgan fingerprint density at radius 1 is 1.16 bits per heavy atom. The van der Waals surface area contributed by atoms with Gasteiger partial charge in [0.25, 0.3) is 0 Å². The van der Waals surface area contributed by atoms with Gasteiger partial charge in [0.05, 0.1) is 0 Å². The highest BCUT2D eigenvalue weighted by Gasteiger charge is 2.33. The highest BCUT2D eigenvalue weighted by molar-refractivity contribution is 4.87. The lowest BCUT2D eigenvalue weighted by atomic mass is 9.78. The molecule has 0 amide bonds. The third-order valence-corrected chi connectivity index (χ3v) is 5.40. The zero-order valence-electron chi connectivity index (χ0n) is 13.1. The second-order valence-electron chi connectivity index (χ2n) is 7.65. The molecule has 0 aromatic carbocycles. The van der Waals surface area contributed by atoms with Crippen molar-refractivity contribution in [1.29, 1.82) is 0 Å². The first-order chi connectivity index (χ1) is 8.97. The summed E-state index contributed by atoms with van der Waals surface area (Å²) in [7, 11) is 2.24. The maximum absolute atomic E-state index is 5.97. The molecule has 1 unspecified atom stereocenters. The summed E-state index contributed by atoms with van der Waals surface area (Å²) in [6, 6.07) is 0.474. The van der Waals surface area contributed by atoms with Gasteiger partial charge < -0.3 is 16.0 Å². The van der Waals surface area contributed by atoms with Gasteiger partial charge in [-0.1, -0.05) is 13.8 Å². The van der Waals surface area contributed by atoms with Gasteiger partial charge >= 0.3 is 0 Å². The average Bonchev–Trinajstić information content (AvgIpc) is 2.79. The summed E-state index contributed by atoms with van der Waals surface area (Å²) in [5, 5.41) is 3.74. The van der Waals surface area contributed by atoms with Crippen molar-refractivity contribution in [3.8, 4) is 0 Å². The molecule has 112 valence electrons. The van der Waals surface area contributed by atoms with E-state index in [-0.39, 0.29) is 0 Å². The van der Waals surface area contributed by atoms with Gasteiger partial charge in [0.2, 0.25) is 0 Å². The topological polar surface area (TPSA) is 41.3 Å². The van der Waals surface area contributed by atoms with Gasteiger partial charge in [0.1, 0.15) is 0 Å². The Bertz CT molecular complexity index is 269. The van der Waals surface area contributed by atoms with Crippen LogP contribution in [0.5, 0.6) is 0 Å². The van der Waals surface area contributed by atoms with Crippen molar-refractivity contribution in [2.45, 2.75) is 52.0 Å². The van der Waals surface area contributed by atoms with Crippen LogP contribution in [0.4, 0.5) is 0 Å². The molecule has 2 rings (SSSR count). The maximum Gasteiger partial charge on any atom is 0.00390 e. The van der Waals surface area contributed by atoms with Crippen LogP contribution in [0.2, 0.25) is 0 Å². The van der Waals surface area contributed by atoms with Crippen LogP contribution in [0.3, 0.4) is 0 Å². The van der Waals surface area contributed by atoms with Crippen molar-refractivity contribution in [2.24, 2.45) is 23.0 Å². The summed E-state index contributed by atoms with van der Waals surface area (Å²) in [4.78, 5) is 2.47. The standard InChI is InChI=1S/C16H33N3/c1-16(2,14-8-9-19(3)11-14)12-18-10-13-4-6-15(17)7-5-13/h13-15,18H,4-12,17H2,1-3H3. The number of hydrogen-bond acceptors (Lipinski definition) is 3. The van der Waals surface area contributed by atoms with Gasteiger partial charge in [-0.25, -0.2) is 0 Å². The quantitative estimate of drug-likeness (QED) is 0.801. The molecule has 1 saturated carbocycles. The Hall–Kier alpha value is -0.120. The molecule has 1 aliphatic carbocycles. The normalized spacial score (nSPS) is 33.8. The summed E-state index contributed by atoms with van der Waals surface area (Å²) in [6.45, 7) is 9.76. The largest absolute Gasteiger partial charge is 0.328 e. The van der Waals surface area contributed by atoms with E-state index in [1.165, 1.54) is 51.7 Å². The first-order valence-electron chi connectivity index (χ1n) is 8.12. The van der Waals surface area contributed by atoms with Crippen molar-refractivity contribution >= 4 is 0 Å². The minimum Gasteiger partial charge on any atom is -0.328 e. The molecular formula is C16H33N3. The lowest BCUT2D eigenvalue weighted by molar-refractivity contribution is 0.198. The highest BCUT2D eigenvalue weighted by atomic mass is 15.1. The van der Waals surface area contributed by atoms with Crippen LogP contribution in [0.25, 0.3) is 0 Å². The SMILES string of the molecule is CN1CCC(C(C)(C)CNCC2CCC(N)CC2)C1. The highest BCUT2D eigenvalue weighted by Crippen LogP contribution is 2.33. The average molecular weight is 267 g/mol. The monoisotopic (exact) mass is 267 g/mol. The van der Waals surface area contributed by atoms with Gasteiger partial charge in [-0.3, -0.25) is 0 Å². The predicted octanol–water partition coefficient (Wildman–Crippen LogP) is 2.07. The van der Waals surface area contributed by atoms with Gasteiger partial charge in [-0.05, 0) is 69.5 Å². The number of nitrogens with zero attached hydrogens (tertiary/aromatic N) is 1. The summed E-state index contributed by atoms with van der Waals surface area (Å²) in [6.07, 6.45) is 6.46. The predicted molar refractivity (Wildman–Crippen MR) is 82.2 cm³/mol. The van der Waals surface area contributed by atoms with Crippen LogP contribution in [0.1, 0.15) is 46.0 Å². The summed E-state index contributed by atoms with van der Waals surface area (Å²) in [5.41, 5.74) is 6.39. The fourth-order valence-corrected chi connectivity index (χ4v) is 3.71. The lowest BCUT2D eigenvalue weighted by Crippen LogP contribution is -2.39. The van der Waals surface area contributed by atoms with Crippen molar-refractivity contribution in [2.75, 3.05) is 33.2 Å². The Morgan fingerprint density at radius 3 is 2.42 bits per heavy atom. The maximum atomic E-state index is 5.97. The molecule has 3 heteroatoms. The van der Waals surface area contributed by atoms with Crippen molar-refractivity contribution in [3.05, 3.63) is 0 Å². The number of likely N-dealkylation sites (tertiary alicyclic amines) is 1. The number of rotatable bonds is 5. The first-order valence-corrected chi connectivity index (χ1v) is 8.12. The Kier molecular flexibility index (Phi) is 5.27.